The van der Waals surface area contributed by atoms with Crippen LogP contribution in [0, 0.1) is 0 Å². The number of hydrogen-bond donors (Lipinski definition) is 2. The second kappa shape index (κ2) is 9.70. The highest BCUT2D eigenvalue weighted by molar-refractivity contribution is 6.35. The van der Waals surface area contributed by atoms with Crippen molar-refractivity contribution in [1.29, 1.82) is 0 Å². The zero-order chi connectivity index (χ0) is 26.4. The second-order valence-corrected chi connectivity index (χ2v) is 10.9. The average Bonchev–Trinajstić information content (AvgIpc) is 3.74. The van der Waals surface area contributed by atoms with Crippen molar-refractivity contribution in [3.8, 4) is 11.1 Å². The molecule has 2 heterocycles. The van der Waals surface area contributed by atoms with Crippen LogP contribution in [0.2, 0.25) is 10.0 Å². The molecule has 1 saturated carbocycles. The number of aliphatic hydroxyl groups is 1. The quantitative estimate of drug-likeness (QED) is 0.349. The molecule has 8 heteroatoms. The van der Waals surface area contributed by atoms with Crippen LogP contribution in [-0.2, 0) is 23.2 Å². The summed E-state index contributed by atoms with van der Waals surface area (Å²) in [4.78, 5) is 35.8. The molecule has 1 atom stereocenters. The molecule has 1 aliphatic carbocycles. The van der Waals surface area contributed by atoms with Gasteiger partial charge < -0.3 is 15.0 Å². The van der Waals surface area contributed by atoms with Gasteiger partial charge in [0.25, 0.3) is 11.5 Å². The molecule has 3 aromatic carbocycles. The van der Waals surface area contributed by atoms with Crippen molar-refractivity contribution >= 4 is 29.1 Å². The summed E-state index contributed by atoms with van der Waals surface area (Å²) in [6.07, 6.45) is 0.966. The number of fused-ring (bicyclic) bond motifs is 1. The van der Waals surface area contributed by atoms with E-state index in [1.807, 2.05) is 24.3 Å². The van der Waals surface area contributed by atoms with E-state index in [0.717, 1.165) is 35.2 Å². The molecule has 1 aliphatic heterocycles. The smallest absolute Gasteiger partial charge is 0.256 e. The van der Waals surface area contributed by atoms with Crippen LogP contribution in [0.25, 0.3) is 11.1 Å². The number of H-pyrrole nitrogens is 1. The number of aliphatic hydroxyl groups excluding tert-OH is 1. The summed E-state index contributed by atoms with van der Waals surface area (Å²) in [6, 6.07) is 22.4. The van der Waals surface area contributed by atoms with Crippen molar-refractivity contribution in [2.24, 2.45) is 0 Å². The van der Waals surface area contributed by atoms with Crippen LogP contribution in [0.3, 0.4) is 0 Å². The minimum Gasteiger partial charge on any atom is -0.378 e. The van der Waals surface area contributed by atoms with Gasteiger partial charge in [-0.1, -0.05) is 71.7 Å². The fourth-order valence-electron chi connectivity index (χ4n) is 5.31. The maximum absolute atomic E-state index is 13.3. The van der Waals surface area contributed by atoms with E-state index in [9.17, 15) is 14.7 Å². The van der Waals surface area contributed by atoms with E-state index in [-0.39, 0.29) is 17.5 Å². The van der Waals surface area contributed by atoms with E-state index in [1.54, 1.807) is 36.4 Å². The number of nitrogens with zero attached hydrogens (tertiary/aromatic N) is 2. The Morgan fingerprint density at radius 3 is 2.42 bits per heavy atom. The van der Waals surface area contributed by atoms with Gasteiger partial charge in [0.2, 0.25) is 0 Å². The van der Waals surface area contributed by atoms with E-state index in [0.29, 0.717) is 40.0 Å². The standard InChI is InChI=1S/C30H25Cl2N3O3/c31-22-14-20(15-23(32)16-22)18-5-4-6-19(13-18)26(36)28(38)35-12-9-25-24(17-35)27(37)34-29(33-25)30(10-11-30)21-7-2-1-3-8-21/h1-8,13-16,26,36H,9-12,17H2,(H,33,34,37)/t26-/m1/s1. The summed E-state index contributed by atoms with van der Waals surface area (Å²) >= 11 is 12.3. The predicted molar refractivity (Wildman–Crippen MR) is 147 cm³/mol. The predicted octanol–water partition coefficient (Wildman–Crippen LogP) is 5.44. The molecule has 192 valence electrons. The third-order valence-corrected chi connectivity index (χ3v) is 7.98. The van der Waals surface area contributed by atoms with Gasteiger partial charge in [-0.3, -0.25) is 9.59 Å². The number of amides is 1. The Bertz CT molecular complexity index is 1580. The number of hydrogen-bond acceptors (Lipinski definition) is 4. The van der Waals surface area contributed by atoms with Crippen LogP contribution in [0.5, 0.6) is 0 Å². The summed E-state index contributed by atoms with van der Waals surface area (Å²) in [5.74, 6) is 0.244. The summed E-state index contributed by atoms with van der Waals surface area (Å²) in [5, 5.41) is 12.0. The van der Waals surface area contributed by atoms with Gasteiger partial charge in [-0.2, -0.15) is 0 Å². The van der Waals surface area contributed by atoms with Gasteiger partial charge >= 0.3 is 0 Å². The van der Waals surface area contributed by atoms with Crippen LogP contribution in [0.1, 0.15) is 47.2 Å². The molecule has 2 N–H and O–H groups in total. The van der Waals surface area contributed by atoms with Gasteiger partial charge in [-0.15, -0.1) is 0 Å². The Morgan fingerprint density at radius 1 is 0.974 bits per heavy atom. The summed E-state index contributed by atoms with van der Waals surface area (Å²) < 4.78 is 0. The lowest BCUT2D eigenvalue weighted by molar-refractivity contribution is -0.141. The van der Waals surface area contributed by atoms with Gasteiger partial charge in [-0.25, -0.2) is 4.98 Å². The Balaban J connectivity index is 1.23. The highest BCUT2D eigenvalue weighted by atomic mass is 35.5. The number of nitrogens with one attached hydrogen (secondary N) is 1. The maximum atomic E-state index is 13.3. The lowest BCUT2D eigenvalue weighted by Gasteiger charge is -2.30. The molecule has 1 amide bonds. The highest BCUT2D eigenvalue weighted by Gasteiger charge is 2.48. The molecule has 1 aromatic heterocycles. The fourth-order valence-corrected chi connectivity index (χ4v) is 5.83. The Kier molecular flexibility index (Phi) is 6.34. The molecule has 0 unspecified atom stereocenters. The Morgan fingerprint density at radius 2 is 1.71 bits per heavy atom. The molecule has 2 aliphatic rings. The number of aromatic amines is 1. The number of carbonyl (C=O) groups excluding carboxylic acids is 1. The van der Waals surface area contributed by atoms with Gasteiger partial charge in [0.1, 0.15) is 5.82 Å². The van der Waals surface area contributed by atoms with Gasteiger partial charge in [-0.05, 0) is 59.4 Å². The van der Waals surface area contributed by atoms with Crippen LogP contribution in [-0.4, -0.2) is 32.4 Å². The lowest BCUT2D eigenvalue weighted by atomic mass is 9.94. The summed E-state index contributed by atoms with van der Waals surface area (Å²) in [6.45, 7) is 0.483. The third-order valence-electron chi connectivity index (χ3n) is 7.54. The van der Waals surface area contributed by atoms with E-state index in [1.165, 1.54) is 4.90 Å². The van der Waals surface area contributed by atoms with Crippen molar-refractivity contribution in [2.75, 3.05) is 6.54 Å². The number of aromatic nitrogens is 2. The SMILES string of the molecule is O=C([C@H](O)c1cccc(-c2cc(Cl)cc(Cl)c2)c1)N1CCc2nc(C3(c4ccccc4)CC3)[nH]c(=O)c2C1. The van der Waals surface area contributed by atoms with Gasteiger partial charge in [0.15, 0.2) is 6.10 Å². The fraction of sp³-hybridized carbons (Fsp3) is 0.233. The summed E-state index contributed by atoms with van der Waals surface area (Å²) in [7, 11) is 0. The maximum Gasteiger partial charge on any atom is 0.256 e. The minimum absolute atomic E-state index is 0.107. The lowest BCUT2D eigenvalue weighted by Crippen LogP contribution is -2.42. The Hall–Kier alpha value is -3.45. The van der Waals surface area contributed by atoms with Crippen molar-refractivity contribution in [2.45, 2.75) is 37.3 Å². The number of halogens is 2. The molecule has 0 spiro atoms. The zero-order valence-corrected chi connectivity index (χ0v) is 22.0. The van der Waals surface area contributed by atoms with E-state index < -0.39 is 12.0 Å². The molecular weight excluding hydrogens is 521 g/mol. The van der Waals surface area contributed by atoms with Crippen molar-refractivity contribution in [3.63, 3.8) is 0 Å². The molecule has 4 aromatic rings. The molecule has 0 saturated heterocycles. The molecule has 0 radical (unpaired) electrons. The molecule has 38 heavy (non-hydrogen) atoms. The number of carbonyl (C=O) groups is 1. The first kappa shape index (κ1) is 24.9. The second-order valence-electron chi connectivity index (χ2n) is 9.98. The van der Waals surface area contributed by atoms with Crippen molar-refractivity contribution in [3.05, 3.63) is 121 Å². The van der Waals surface area contributed by atoms with E-state index >= 15 is 0 Å². The monoisotopic (exact) mass is 545 g/mol. The van der Waals surface area contributed by atoms with Crippen LogP contribution < -0.4 is 5.56 Å². The molecule has 1 fully saturated rings. The van der Waals surface area contributed by atoms with E-state index in [4.69, 9.17) is 28.2 Å². The van der Waals surface area contributed by atoms with Crippen LogP contribution in [0.4, 0.5) is 0 Å². The first-order valence-corrected chi connectivity index (χ1v) is 13.3. The molecular formula is C30H25Cl2N3O3. The largest absolute Gasteiger partial charge is 0.378 e. The third kappa shape index (κ3) is 4.53. The highest BCUT2D eigenvalue weighted by Crippen LogP contribution is 2.52. The van der Waals surface area contributed by atoms with Gasteiger partial charge in [0, 0.05) is 23.0 Å². The molecule has 0 bridgehead atoms. The topological polar surface area (TPSA) is 86.3 Å². The van der Waals surface area contributed by atoms with E-state index in [2.05, 4.69) is 17.1 Å². The normalized spacial score (nSPS) is 16.6. The summed E-state index contributed by atoms with van der Waals surface area (Å²) in [5.41, 5.74) is 3.92. The number of rotatable bonds is 5. The Labute approximate surface area is 229 Å². The zero-order valence-electron chi connectivity index (χ0n) is 20.5. The first-order valence-electron chi connectivity index (χ1n) is 12.6. The van der Waals surface area contributed by atoms with Crippen molar-refractivity contribution < 1.29 is 9.90 Å². The molecule has 6 nitrogen and oxygen atoms in total. The minimum atomic E-state index is -1.37. The van der Waals surface area contributed by atoms with Gasteiger partial charge in [0.05, 0.1) is 23.2 Å². The van der Waals surface area contributed by atoms with Crippen LogP contribution in [0.15, 0.2) is 77.6 Å². The molecule has 6 rings (SSSR count). The van der Waals surface area contributed by atoms with Crippen LogP contribution >= 0.6 is 23.2 Å². The average molecular weight is 546 g/mol. The van der Waals surface area contributed by atoms with Crippen molar-refractivity contribution in [1.82, 2.24) is 14.9 Å². The number of benzene rings is 3. The first-order chi connectivity index (χ1) is 18.3.